The van der Waals surface area contributed by atoms with Gasteiger partial charge in [0.2, 0.25) is 0 Å². The van der Waals surface area contributed by atoms with Gasteiger partial charge in [0.15, 0.2) is 0 Å². The van der Waals surface area contributed by atoms with E-state index >= 15 is 0 Å². The Hall–Kier alpha value is -3.41. The summed E-state index contributed by atoms with van der Waals surface area (Å²) in [5.41, 5.74) is 4.39. The molecule has 2 heterocycles. The predicted octanol–water partition coefficient (Wildman–Crippen LogP) is 4.90. The third-order valence-electron chi connectivity index (χ3n) is 5.52. The Morgan fingerprint density at radius 2 is 1.94 bits per heavy atom. The lowest BCUT2D eigenvalue weighted by molar-refractivity contribution is 0.415. The van der Waals surface area contributed by atoms with Gasteiger partial charge >= 0.3 is 0 Å². The van der Waals surface area contributed by atoms with Crippen molar-refractivity contribution in [2.24, 2.45) is 11.0 Å². The van der Waals surface area contributed by atoms with Crippen molar-refractivity contribution in [3.63, 3.8) is 0 Å². The van der Waals surface area contributed by atoms with E-state index < -0.39 is 0 Å². The molecule has 0 unspecified atom stereocenters. The first kappa shape index (κ1) is 20.8. The Morgan fingerprint density at radius 1 is 1.19 bits per heavy atom. The quantitative estimate of drug-likeness (QED) is 0.471. The highest BCUT2D eigenvalue weighted by Gasteiger charge is 2.14. The molecule has 31 heavy (non-hydrogen) atoms. The average Bonchev–Trinajstić information content (AvgIpc) is 3.11. The van der Waals surface area contributed by atoms with Crippen molar-refractivity contribution in [1.82, 2.24) is 14.6 Å². The van der Waals surface area contributed by atoms with E-state index in [1.807, 2.05) is 18.2 Å². The Morgan fingerprint density at radius 3 is 2.61 bits per heavy atom. The second kappa shape index (κ2) is 8.02. The number of nitrogens with one attached hydrogen (secondary N) is 1. The molecule has 1 atom stereocenters. The van der Waals surface area contributed by atoms with Crippen LogP contribution >= 0.6 is 0 Å². The third-order valence-corrected chi connectivity index (χ3v) is 5.52. The van der Waals surface area contributed by atoms with E-state index in [0.29, 0.717) is 11.0 Å². The Labute approximate surface area is 181 Å². The van der Waals surface area contributed by atoms with Gasteiger partial charge in [-0.25, -0.2) is 4.98 Å². The van der Waals surface area contributed by atoms with Gasteiger partial charge in [-0.05, 0) is 47.1 Å². The number of aromatic nitrogens is 3. The van der Waals surface area contributed by atoms with Crippen molar-refractivity contribution in [1.29, 1.82) is 0 Å². The smallest absolute Gasteiger partial charge is 0.298 e. The van der Waals surface area contributed by atoms with Crippen molar-refractivity contribution >= 4 is 28.2 Å². The highest BCUT2D eigenvalue weighted by Crippen LogP contribution is 2.26. The lowest BCUT2D eigenvalue weighted by Crippen LogP contribution is -2.18. The minimum absolute atomic E-state index is 0.145. The fraction of sp³-hybridized carbons (Fsp3) is 0.320. The van der Waals surface area contributed by atoms with E-state index in [1.165, 1.54) is 22.1 Å². The van der Waals surface area contributed by atoms with Crippen LogP contribution in [0.15, 0.2) is 58.7 Å². The highest BCUT2D eigenvalue weighted by atomic mass is 16.5. The second-order valence-electron chi connectivity index (χ2n) is 9.05. The molecular formula is C25H28N4O2. The van der Waals surface area contributed by atoms with E-state index in [0.717, 1.165) is 23.1 Å². The van der Waals surface area contributed by atoms with Crippen LogP contribution in [-0.2, 0) is 11.8 Å². The standard InChI is InChI=1S/C25H28N4O2/c1-16(12-17-6-8-18(9-7-17)25(2,3)4)14-27-29-15-26-22-20-13-19(31-5)10-11-21(20)28-23(22)24(29)30/h6-11,13-16,28H,12H2,1-5H3/b27-14-/t16-/m1/s1. The molecule has 0 amide bonds. The van der Waals surface area contributed by atoms with Crippen molar-refractivity contribution in [2.75, 3.05) is 7.11 Å². The normalized spacial score (nSPS) is 13.3. The summed E-state index contributed by atoms with van der Waals surface area (Å²) in [6, 6.07) is 14.3. The monoisotopic (exact) mass is 416 g/mol. The summed E-state index contributed by atoms with van der Waals surface area (Å²) in [7, 11) is 1.62. The number of methoxy groups -OCH3 is 1. The molecule has 160 valence electrons. The van der Waals surface area contributed by atoms with Crippen molar-refractivity contribution in [3.05, 3.63) is 70.3 Å². The van der Waals surface area contributed by atoms with E-state index in [1.54, 1.807) is 13.3 Å². The first-order valence-electron chi connectivity index (χ1n) is 10.5. The number of hydrogen-bond donors (Lipinski definition) is 1. The van der Waals surface area contributed by atoms with Gasteiger partial charge in [-0.15, -0.1) is 0 Å². The number of hydrogen-bond acceptors (Lipinski definition) is 4. The van der Waals surface area contributed by atoms with E-state index in [-0.39, 0.29) is 16.9 Å². The van der Waals surface area contributed by atoms with Crippen LogP contribution in [0, 0.1) is 5.92 Å². The predicted molar refractivity (Wildman–Crippen MR) is 126 cm³/mol. The zero-order valence-corrected chi connectivity index (χ0v) is 18.6. The molecule has 0 saturated carbocycles. The van der Waals surface area contributed by atoms with Crippen LogP contribution in [0.2, 0.25) is 0 Å². The molecule has 0 aliphatic heterocycles. The van der Waals surface area contributed by atoms with Gasteiger partial charge in [0, 0.05) is 17.1 Å². The van der Waals surface area contributed by atoms with Crippen LogP contribution in [-0.4, -0.2) is 28.0 Å². The molecule has 0 radical (unpaired) electrons. The number of rotatable bonds is 5. The fourth-order valence-corrected chi connectivity index (χ4v) is 3.69. The van der Waals surface area contributed by atoms with Crippen LogP contribution in [0.25, 0.3) is 21.9 Å². The molecule has 0 bridgehead atoms. The summed E-state index contributed by atoms with van der Waals surface area (Å²) in [6.45, 7) is 8.73. The molecule has 1 N–H and O–H groups in total. The van der Waals surface area contributed by atoms with Crippen LogP contribution in [0.1, 0.15) is 38.8 Å². The molecule has 0 saturated heterocycles. The van der Waals surface area contributed by atoms with Gasteiger partial charge in [-0.3, -0.25) is 4.79 Å². The van der Waals surface area contributed by atoms with Crippen molar-refractivity contribution in [3.8, 4) is 5.75 Å². The van der Waals surface area contributed by atoms with Crippen molar-refractivity contribution < 1.29 is 4.74 Å². The summed E-state index contributed by atoms with van der Waals surface area (Å²) in [5.74, 6) is 0.900. The molecule has 2 aromatic heterocycles. The van der Waals surface area contributed by atoms with E-state index in [2.05, 4.69) is 67.0 Å². The van der Waals surface area contributed by atoms with Crippen LogP contribution < -0.4 is 10.3 Å². The molecule has 6 heteroatoms. The van der Waals surface area contributed by atoms with Gasteiger partial charge in [-0.2, -0.15) is 9.78 Å². The summed E-state index contributed by atoms with van der Waals surface area (Å²) >= 11 is 0. The molecule has 0 aliphatic rings. The number of nitrogens with zero attached hydrogens (tertiary/aromatic N) is 3. The molecule has 0 spiro atoms. The number of H-pyrrole nitrogens is 1. The maximum absolute atomic E-state index is 12.9. The Kier molecular flexibility index (Phi) is 5.39. The maximum Gasteiger partial charge on any atom is 0.298 e. The van der Waals surface area contributed by atoms with E-state index in [4.69, 9.17) is 4.74 Å². The molecule has 4 rings (SSSR count). The molecule has 0 aliphatic carbocycles. The summed E-state index contributed by atoms with van der Waals surface area (Å²) in [6.07, 6.45) is 4.13. The SMILES string of the molecule is COc1ccc2[nH]c3c(=O)n(/N=C\[C@H](C)Cc4ccc(C(C)(C)C)cc4)cnc3c2c1. The van der Waals surface area contributed by atoms with Crippen molar-refractivity contribution in [2.45, 2.75) is 39.5 Å². The van der Waals surface area contributed by atoms with Gasteiger partial charge in [0.25, 0.3) is 5.56 Å². The minimum atomic E-state index is -0.224. The summed E-state index contributed by atoms with van der Waals surface area (Å²) in [5, 5.41) is 5.24. The maximum atomic E-state index is 12.9. The molecule has 6 nitrogen and oxygen atoms in total. The summed E-state index contributed by atoms with van der Waals surface area (Å²) < 4.78 is 6.57. The second-order valence-corrected chi connectivity index (χ2v) is 9.05. The van der Waals surface area contributed by atoms with Gasteiger partial charge in [0.1, 0.15) is 23.1 Å². The third kappa shape index (κ3) is 4.24. The number of aromatic amines is 1. The fourth-order valence-electron chi connectivity index (χ4n) is 3.69. The van der Waals surface area contributed by atoms with Crippen LogP contribution in [0.3, 0.4) is 0 Å². The number of ether oxygens (including phenoxy) is 1. The first-order chi connectivity index (χ1) is 14.8. The molecule has 2 aromatic carbocycles. The lowest BCUT2D eigenvalue weighted by atomic mass is 9.86. The minimum Gasteiger partial charge on any atom is -0.497 e. The number of benzene rings is 2. The first-order valence-corrected chi connectivity index (χ1v) is 10.5. The highest BCUT2D eigenvalue weighted by molar-refractivity contribution is 6.04. The number of fused-ring (bicyclic) bond motifs is 3. The molecule has 4 aromatic rings. The largest absolute Gasteiger partial charge is 0.497 e. The van der Waals surface area contributed by atoms with Gasteiger partial charge in [0.05, 0.1) is 7.11 Å². The Balaban J connectivity index is 1.55. The zero-order chi connectivity index (χ0) is 22.2. The molecule has 0 fully saturated rings. The van der Waals surface area contributed by atoms with Gasteiger partial charge < -0.3 is 9.72 Å². The van der Waals surface area contributed by atoms with Crippen LogP contribution in [0.5, 0.6) is 5.75 Å². The van der Waals surface area contributed by atoms with E-state index in [9.17, 15) is 4.79 Å². The van der Waals surface area contributed by atoms with Gasteiger partial charge in [-0.1, -0.05) is 52.0 Å². The molecular weight excluding hydrogens is 388 g/mol. The lowest BCUT2D eigenvalue weighted by Gasteiger charge is -2.19. The topological polar surface area (TPSA) is 72.3 Å². The summed E-state index contributed by atoms with van der Waals surface area (Å²) in [4.78, 5) is 20.5. The average molecular weight is 417 g/mol. The Bertz CT molecular complexity index is 1310. The zero-order valence-electron chi connectivity index (χ0n) is 18.6. The van der Waals surface area contributed by atoms with Crippen LogP contribution in [0.4, 0.5) is 0 Å².